The molecule has 0 amide bonds. The summed E-state index contributed by atoms with van der Waals surface area (Å²) in [4.78, 5) is 3.11. The molecule has 0 fully saturated rings. The highest BCUT2D eigenvalue weighted by molar-refractivity contribution is 5.62. The van der Waals surface area contributed by atoms with Crippen LogP contribution in [0, 0.1) is 11.3 Å². The number of nitrogens with one attached hydrogen (secondary N) is 2. The summed E-state index contributed by atoms with van der Waals surface area (Å²) in [6.07, 6.45) is 1.63. The minimum Gasteiger partial charge on any atom is -0.488 e. The number of H-pyrrole nitrogens is 1. The van der Waals surface area contributed by atoms with E-state index in [-0.39, 0.29) is 0 Å². The van der Waals surface area contributed by atoms with Gasteiger partial charge in [0.2, 0.25) is 5.95 Å². The van der Waals surface area contributed by atoms with E-state index in [4.69, 9.17) is 10.00 Å². The summed E-state index contributed by atoms with van der Waals surface area (Å²) < 4.78 is 5.50. The van der Waals surface area contributed by atoms with Crippen molar-refractivity contribution >= 4 is 11.6 Å². The Labute approximate surface area is 139 Å². The first-order valence-electron chi connectivity index (χ1n) is 7.33. The van der Waals surface area contributed by atoms with E-state index < -0.39 is 0 Å². The van der Waals surface area contributed by atoms with E-state index in [2.05, 4.69) is 33.1 Å². The summed E-state index contributed by atoms with van der Waals surface area (Å²) in [7, 11) is 0. The normalized spacial score (nSPS) is 9.96. The third kappa shape index (κ3) is 3.42. The van der Waals surface area contributed by atoms with Crippen LogP contribution in [0.2, 0.25) is 0 Å². The average molecular weight is 317 g/mol. The topological polar surface area (TPSA) is 86.6 Å². The smallest absolute Gasteiger partial charge is 0.226 e. The number of aromatic nitrogens is 3. The van der Waals surface area contributed by atoms with Gasteiger partial charge in [-0.1, -0.05) is 43.0 Å². The van der Waals surface area contributed by atoms with E-state index in [9.17, 15) is 0 Å². The lowest BCUT2D eigenvalue weighted by molar-refractivity contribution is 0.362. The zero-order valence-corrected chi connectivity index (χ0v) is 12.9. The number of aromatic amines is 1. The van der Waals surface area contributed by atoms with Gasteiger partial charge in [0.05, 0.1) is 5.56 Å². The van der Waals surface area contributed by atoms with Gasteiger partial charge in [0.25, 0.3) is 0 Å². The average Bonchev–Trinajstić information content (AvgIpc) is 3.09. The summed E-state index contributed by atoms with van der Waals surface area (Å²) in [5, 5.41) is 20.4. The zero-order valence-electron chi connectivity index (χ0n) is 12.9. The van der Waals surface area contributed by atoms with Gasteiger partial charge in [-0.25, -0.2) is 0 Å². The second-order valence-corrected chi connectivity index (χ2v) is 4.94. The van der Waals surface area contributed by atoms with Crippen molar-refractivity contribution in [3.8, 4) is 23.2 Å². The van der Waals surface area contributed by atoms with Gasteiger partial charge in [-0.3, -0.25) is 0 Å². The third-order valence-corrected chi connectivity index (χ3v) is 3.26. The minimum absolute atomic E-state index is 0.332. The van der Waals surface area contributed by atoms with Crippen molar-refractivity contribution in [2.45, 2.75) is 0 Å². The molecular formula is C18H15N5O. The molecule has 2 N–H and O–H groups in total. The van der Waals surface area contributed by atoms with Crippen LogP contribution in [0.5, 0.6) is 5.75 Å². The lowest BCUT2D eigenvalue weighted by atomic mass is 10.2. The monoisotopic (exact) mass is 317 g/mol. The SMILES string of the molecule is C=CCOc1cc(Nc2nnc(-c3ccccc3)[nH]2)ccc1C#N. The Morgan fingerprint density at radius 1 is 1.21 bits per heavy atom. The second-order valence-electron chi connectivity index (χ2n) is 4.94. The maximum atomic E-state index is 9.12. The molecule has 0 aliphatic heterocycles. The summed E-state index contributed by atoms with van der Waals surface area (Å²) >= 11 is 0. The summed E-state index contributed by atoms with van der Waals surface area (Å²) in [6, 6.07) is 17.0. The van der Waals surface area contributed by atoms with Crippen molar-refractivity contribution in [1.82, 2.24) is 15.2 Å². The van der Waals surface area contributed by atoms with E-state index in [1.807, 2.05) is 30.3 Å². The van der Waals surface area contributed by atoms with Crippen LogP contribution in [0.1, 0.15) is 5.56 Å². The zero-order chi connectivity index (χ0) is 16.8. The van der Waals surface area contributed by atoms with Crippen LogP contribution in [-0.2, 0) is 0 Å². The van der Waals surface area contributed by atoms with Gasteiger partial charge in [0.1, 0.15) is 18.4 Å². The number of benzene rings is 2. The Kier molecular flexibility index (Phi) is 4.54. The molecule has 2 aromatic carbocycles. The van der Waals surface area contributed by atoms with Gasteiger partial charge in [-0.15, -0.1) is 10.2 Å². The first-order valence-corrected chi connectivity index (χ1v) is 7.33. The Hall–Kier alpha value is -3.59. The van der Waals surface area contributed by atoms with Crippen LogP contribution in [0.15, 0.2) is 61.2 Å². The highest BCUT2D eigenvalue weighted by Crippen LogP contribution is 2.25. The molecule has 6 nitrogen and oxygen atoms in total. The quantitative estimate of drug-likeness (QED) is 0.678. The molecule has 0 saturated carbocycles. The molecule has 3 aromatic rings. The fraction of sp³-hybridized carbons (Fsp3) is 0.0556. The van der Waals surface area contributed by atoms with Crippen molar-refractivity contribution in [2.24, 2.45) is 0 Å². The van der Waals surface area contributed by atoms with E-state index in [0.29, 0.717) is 29.7 Å². The highest BCUT2D eigenvalue weighted by atomic mass is 16.5. The van der Waals surface area contributed by atoms with Gasteiger partial charge < -0.3 is 15.0 Å². The fourth-order valence-corrected chi connectivity index (χ4v) is 2.14. The van der Waals surface area contributed by atoms with E-state index in [1.165, 1.54) is 0 Å². The number of nitriles is 1. The number of hydrogen-bond donors (Lipinski definition) is 2. The number of hydrogen-bond acceptors (Lipinski definition) is 5. The van der Waals surface area contributed by atoms with Crippen molar-refractivity contribution in [3.05, 3.63) is 66.7 Å². The van der Waals surface area contributed by atoms with Crippen LogP contribution in [-0.4, -0.2) is 21.8 Å². The van der Waals surface area contributed by atoms with Crippen LogP contribution >= 0.6 is 0 Å². The third-order valence-electron chi connectivity index (χ3n) is 3.26. The summed E-state index contributed by atoms with van der Waals surface area (Å²) in [5.41, 5.74) is 2.15. The molecule has 3 rings (SSSR count). The van der Waals surface area contributed by atoms with E-state index in [0.717, 1.165) is 11.3 Å². The Morgan fingerprint density at radius 2 is 2.04 bits per heavy atom. The van der Waals surface area contributed by atoms with E-state index >= 15 is 0 Å². The first kappa shape index (κ1) is 15.3. The van der Waals surface area contributed by atoms with Crippen LogP contribution in [0.4, 0.5) is 11.6 Å². The molecule has 1 aromatic heterocycles. The number of rotatable bonds is 6. The molecule has 0 saturated heterocycles. The molecule has 118 valence electrons. The predicted octanol–water partition coefficient (Wildman–Crippen LogP) is 3.65. The second kappa shape index (κ2) is 7.11. The maximum absolute atomic E-state index is 9.12. The number of anilines is 2. The summed E-state index contributed by atoms with van der Waals surface area (Å²) in [6.45, 7) is 3.94. The van der Waals surface area contributed by atoms with Gasteiger partial charge in [0.15, 0.2) is 5.82 Å². The van der Waals surface area contributed by atoms with Gasteiger partial charge >= 0.3 is 0 Å². The van der Waals surface area contributed by atoms with E-state index in [1.54, 1.807) is 24.3 Å². The standard InChI is InChI=1S/C18H15N5O/c1-2-10-24-16-11-15(9-8-14(16)12-19)20-18-21-17(22-23-18)13-6-4-3-5-7-13/h2-9,11H,1,10H2,(H2,20,21,22,23). The molecule has 0 bridgehead atoms. The van der Waals surface area contributed by atoms with Crippen LogP contribution < -0.4 is 10.1 Å². The van der Waals surface area contributed by atoms with Gasteiger partial charge in [0, 0.05) is 17.3 Å². The van der Waals surface area contributed by atoms with Crippen molar-refractivity contribution < 1.29 is 4.74 Å². The van der Waals surface area contributed by atoms with Crippen molar-refractivity contribution in [2.75, 3.05) is 11.9 Å². The van der Waals surface area contributed by atoms with Crippen molar-refractivity contribution in [1.29, 1.82) is 5.26 Å². The predicted molar refractivity (Wildman–Crippen MR) is 92.0 cm³/mol. The minimum atomic E-state index is 0.332. The van der Waals surface area contributed by atoms with Crippen LogP contribution in [0.25, 0.3) is 11.4 Å². The van der Waals surface area contributed by atoms with Crippen molar-refractivity contribution in [3.63, 3.8) is 0 Å². The Morgan fingerprint density at radius 3 is 2.79 bits per heavy atom. The number of ether oxygens (including phenoxy) is 1. The molecule has 0 aliphatic carbocycles. The molecule has 24 heavy (non-hydrogen) atoms. The first-order chi connectivity index (χ1) is 11.8. The molecule has 0 radical (unpaired) electrons. The fourth-order valence-electron chi connectivity index (χ4n) is 2.14. The Balaban J connectivity index is 1.80. The van der Waals surface area contributed by atoms with Gasteiger partial charge in [-0.2, -0.15) is 5.26 Å². The molecular weight excluding hydrogens is 302 g/mol. The maximum Gasteiger partial charge on any atom is 0.226 e. The highest BCUT2D eigenvalue weighted by Gasteiger charge is 2.08. The largest absolute Gasteiger partial charge is 0.488 e. The number of nitrogens with zero attached hydrogens (tertiary/aromatic N) is 3. The molecule has 0 spiro atoms. The lowest BCUT2D eigenvalue weighted by Gasteiger charge is -2.08. The van der Waals surface area contributed by atoms with Gasteiger partial charge in [-0.05, 0) is 12.1 Å². The lowest BCUT2D eigenvalue weighted by Crippen LogP contribution is -1.98. The summed E-state index contributed by atoms with van der Waals surface area (Å²) in [5.74, 6) is 1.67. The molecule has 1 heterocycles. The molecule has 0 unspecified atom stereocenters. The molecule has 6 heteroatoms. The Bertz CT molecular complexity index is 880. The van der Waals surface area contributed by atoms with Crippen LogP contribution in [0.3, 0.4) is 0 Å². The molecule has 0 aliphatic rings. The molecule has 0 atom stereocenters.